The van der Waals surface area contributed by atoms with Crippen LogP contribution in [-0.4, -0.2) is 58.1 Å². The Hall–Kier alpha value is -2.59. The van der Waals surface area contributed by atoms with Gasteiger partial charge < -0.3 is 25.3 Å². The van der Waals surface area contributed by atoms with Crippen molar-refractivity contribution in [3.63, 3.8) is 0 Å². The first-order chi connectivity index (χ1) is 14.7. The SMILES string of the molecule is C[C@H]1CCCN1c1nc(Nc2ccc(N3C[C@H](O)C[C@H](O)C3)cc2)ncc1C(F)(F)F. The Labute approximate surface area is 178 Å². The molecule has 0 aliphatic carbocycles. The van der Waals surface area contributed by atoms with Crippen molar-refractivity contribution in [1.82, 2.24) is 9.97 Å². The molecule has 0 radical (unpaired) electrons. The van der Waals surface area contributed by atoms with Crippen LogP contribution < -0.4 is 15.1 Å². The second-order valence-electron chi connectivity index (χ2n) is 8.23. The molecule has 10 heteroatoms. The standard InChI is InChI=1S/C21H26F3N5O2/c1-13-3-2-8-29(13)19-18(21(22,23)24)10-25-20(27-19)26-14-4-6-15(7-5-14)28-11-16(30)9-17(31)12-28/h4-7,10,13,16-17,30-31H,2-3,8-9,11-12H2,1H3,(H,25,26,27)/t13-,16-,17+/m0/s1. The first kappa shape index (κ1) is 21.6. The zero-order valence-corrected chi connectivity index (χ0v) is 17.2. The maximum absolute atomic E-state index is 13.5. The van der Waals surface area contributed by atoms with Crippen molar-refractivity contribution in [2.24, 2.45) is 0 Å². The van der Waals surface area contributed by atoms with Gasteiger partial charge in [0.2, 0.25) is 5.95 Å². The highest BCUT2D eigenvalue weighted by Gasteiger charge is 2.38. The van der Waals surface area contributed by atoms with Gasteiger partial charge in [0, 0.05) is 49.7 Å². The van der Waals surface area contributed by atoms with Gasteiger partial charge in [0.15, 0.2) is 0 Å². The Bertz CT molecular complexity index is 899. The highest BCUT2D eigenvalue weighted by atomic mass is 19.4. The molecule has 2 aromatic rings. The van der Waals surface area contributed by atoms with E-state index in [0.717, 1.165) is 24.7 Å². The normalized spacial score (nSPS) is 24.5. The van der Waals surface area contributed by atoms with E-state index in [2.05, 4.69) is 15.3 Å². The van der Waals surface area contributed by atoms with E-state index in [9.17, 15) is 23.4 Å². The van der Waals surface area contributed by atoms with Gasteiger partial charge >= 0.3 is 6.18 Å². The minimum atomic E-state index is -4.53. The number of piperidine rings is 1. The van der Waals surface area contributed by atoms with Gasteiger partial charge in [-0.15, -0.1) is 0 Å². The van der Waals surface area contributed by atoms with Crippen LogP contribution in [0.2, 0.25) is 0 Å². The van der Waals surface area contributed by atoms with E-state index in [4.69, 9.17) is 0 Å². The zero-order chi connectivity index (χ0) is 22.2. The Morgan fingerprint density at radius 1 is 1.10 bits per heavy atom. The Morgan fingerprint density at radius 3 is 2.35 bits per heavy atom. The maximum atomic E-state index is 13.5. The van der Waals surface area contributed by atoms with Gasteiger partial charge in [0.05, 0.1) is 12.2 Å². The van der Waals surface area contributed by atoms with Gasteiger partial charge in [-0.3, -0.25) is 0 Å². The third-order valence-electron chi connectivity index (χ3n) is 5.79. The molecule has 2 aliphatic heterocycles. The van der Waals surface area contributed by atoms with Crippen LogP contribution in [0.3, 0.4) is 0 Å². The third kappa shape index (κ3) is 4.85. The van der Waals surface area contributed by atoms with Crippen LogP contribution in [0.5, 0.6) is 0 Å². The maximum Gasteiger partial charge on any atom is 0.421 e. The summed E-state index contributed by atoms with van der Waals surface area (Å²) in [6, 6.07) is 7.16. The van der Waals surface area contributed by atoms with Gasteiger partial charge in [-0.2, -0.15) is 18.2 Å². The molecule has 2 saturated heterocycles. The molecule has 2 fully saturated rings. The number of aliphatic hydroxyl groups is 2. The van der Waals surface area contributed by atoms with Crippen molar-refractivity contribution in [1.29, 1.82) is 0 Å². The van der Waals surface area contributed by atoms with E-state index in [1.54, 1.807) is 17.0 Å². The number of halogens is 3. The molecule has 168 valence electrons. The lowest BCUT2D eigenvalue weighted by Crippen LogP contribution is -2.45. The Kier molecular flexibility index (Phi) is 5.94. The summed E-state index contributed by atoms with van der Waals surface area (Å²) in [5, 5.41) is 22.7. The van der Waals surface area contributed by atoms with Crippen molar-refractivity contribution >= 4 is 23.1 Å². The van der Waals surface area contributed by atoms with E-state index >= 15 is 0 Å². The molecule has 0 amide bonds. The summed E-state index contributed by atoms with van der Waals surface area (Å²) in [5.74, 6) is 0.00146. The highest BCUT2D eigenvalue weighted by Crippen LogP contribution is 2.38. The minimum Gasteiger partial charge on any atom is -0.391 e. The van der Waals surface area contributed by atoms with Crippen LogP contribution in [0, 0.1) is 0 Å². The van der Waals surface area contributed by atoms with Crippen LogP contribution in [-0.2, 0) is 6.18 Å². The average molecular weight is 437 g/mol. The summed E-state index contributed by atoms with van der Waals surface area (Å²) in [7, 11) is 0. The number of nitrogens with zero attached hydrogens (tertiary/aromatic N) is 4. The number of benzene rings is 1. The van der Waals surface area contributed by atoms with Crippen LogP contribution in [0.25, 0.3) is 0 Å². The summed E-state index contributed by atoms with van der Waals surface area (Å²) >= 11 is 0. The number of aliphatic hydroxyl groups excluding tert-OH is 2. The molecule has 0 unspecified atom stereocenters. The van der Waals surface area contributed by atoms with E-state index < -0.39 is 23.9 Å². The topological polar surface area (TPSA) is 84.8 Å². The molecule has 1 aromatic heterocycles. The molecule has 7 nitrogen and oxygen atoms in total. The molecular formula is C21H26F3N5O2. The second-order valence-corrected chi connectivity index (χ2v) is 8.23. The van der Waals surface area contributed by atoms with Gasteiger partial charge in [0.1, 0.15) is 11.4 Å². The lowest BCUT2D eigenvalue weighted by atomic mass is 10.0. The number of β-amino-alcohol motifs (C(OH)–C–C–N with tert-alkyl or cyclic N) is 2. The van der Waals surface area contributed by atoms with Crippen LogP contribution in [0.4, 0.5) is 36.3 Å². The molecule has 0 saturated carbocycles. The lowest BCUT2D eigenvalue weighted by molar-refractivity contribution is -0.137. The highest BCUT2D eigenvalue weighted by molar-refractivity contribution is 5.61. The number of alkyl halides is 3. The van der Waals surface area contributed by atoms with Crippen molar-refractivity contribution in [2.75, 3.05) is 34.8 Å². The minimum absolute atomic E-state index is 0.0154. The predicted molar refractivity (Wildman–Crippen MR) is 112 cm³/mol. The number of hydrogen-bond acceptors (Lipinski definition) is 7. The fraction of sp³-hybridized carbons (Fsp3) is 0.524. The van der Waals surface area contributed by atoms with Gasteiger partial charge in [-0.25, -0.2) is 4.98 Å². The molecule has 2 aliphatic rings. The van der Waals surface area contributed by atoms with Gasteiger partial charge in [-0.1, -0.05) is 0 Å². The van der Waals surface area contributed by atoms with Crippen LogP contribution >= 0.6 is 0 Å². The average Bonchev–Trinajstić information content (AvgIpc) is 3.13. The fourth-order valence-electron chi connectivity index (χ4n) is 4.24. The third-order valence-corrected chi connectivity index (χ3v) is 5.79. The smallest absolute Gasteiger partial charge is 0.391 e. The van der Waals surface area contributed by atoms with Crippen molar-refractivity contribution in [3.05, 3.63) is 36.0 Å². The van der Waals surface area contributed by atoms with Crippen LogP contribution in [0.15, 0.2) is 30.5 Å². The van der Waals surface area contributed by atoms with Crippen molar-refractivity contribution < 1.29 is 23.4 Å². The summed E-state index contributed by atoms with van der Waals surface area (Å²) in [5.41, 5.74) is 0.634. The summed E-state index contributed by atoms with van der Waals surface area (Å²) < 4.78 is 40.5. The summed E-state index contributed by atoms with van der Waals surface area (Å²) in [6.07, 6.45) is -2.86. The number of rotatable bonds is 4. The fourth-order valence-corrected chi connectivity index (χ4v) is 4.24. The first-order valence-corrected chi connectivity index (χ1v) is 10.4. The molecule has 3 N–H and O–H groups in total. The van der Waals surface area contributed by atoms with Crippen molar-refractivity contribution in [3.8, 4) is 0 Å². The predicted octanol–water partition coefficient (Wildman–Crippen LogP) is 3.16. The molecule has 4 rings (SSSR count). The molecule has 0 bridgehead atoms. The molecule has 31 heavy (non-hydrogen) atoms. The van der Waals surface area contributed by atoms with E-state index in [0.29, 0.717) is 31.7 Å². The Balaban J connectivity index is 1.54. The number of hydrogen-bond donors (Lipinski definition) is 3. The number of aromatic nitrogens is 2. The monoisotopic (exact) mass is 437 g/mol. The molecule has 0 spiro atoms. The number of nitrogens with one attached hydrogen (secondary N) is 1. The number of anilines is 4. The van der Waals surface area contributed by atoms with E-state index in [1.165, 1.54) is 0 Å². The molecule has 3 heterocycles. The quantitative estimate of drug-likeness (QED) is 0.678. The summed E-state index contributed by atoms with van der Waals surface area (Å²) in [6.45, 7) is 3.30. The summed E-state index contributed by atoms with van der Waals surface area (Å²) in [4.78, 5) is 11.7. The molecule has 1 aromatic carbocycles. The van der Waals surface area contributed by atoms with Gasteiger partial charge in [0.25, 0.3) is 0 Å². The zero-order valence-electron chi connectivity index (χ0n) is 17.2. The molecule has 3 atom stereocenters. The first-order valence-electron chi connectivity index (χ1n) is 10.4. The van der Waals surface area contributed by atoms with E-state index in [1.807, 2.05) is 24.0 Å². The lowest BCUT2D eigenvalue weighted by Gasteiger charge is -2.35. The van der Waals surface area contributed by atoms with Crippen LogP contribution in [0.1, 0.15) is 31.7 Å². The second kappa shape index (κ2) is 8.51. The Morgan fingerprint density at radius 2 is 1.77 bits per heavy atom. The van der Waals surface area contributed by atoms with Gasteiger partial charge in [-0.05, 0) is 44.0 Å². The van der Waals surface area contributed by atoms with Crippen molar-refractivity contribution in [2.45, 2.75) is 50.6 Å². The van der Waals surface area contributed by atoms with E-state index in [-0.39, 0.29) is 17.8 Å². The largest absolute Gasteiger partial charge is 0.421 e. The molecular weight excluding hydrogens is 411 g/mol.